The summed E-state index contributed by atoms with van der Waals surface area (Å²) >= 11 is 0. The van der Waals surface area contributed by atoms with E-state index >= 15 is 0 Å². The first-order valence-corrected chi connectivity index (χ1v) is 4.49. The maximum absolute atomic E-state index is 12.8. The summed E-state index contributed by atoms with van der Waals surface area (Å²) in [5, 5.41) is 0. The van der Waals surface area contributed by atoms with Crippen LogP contribution in [0.15, 0.2) is 42.9 Å². The molecule has 0 unspecified atom stereocenters. The summed E-state index contributed by atoms with van der Waals surface area (Å²) < 4.78 is 17.7. The predicted molar refractivity (Wildman–Crippen MR) is 53.4 cm³/mol. The van der Waals surface area contributed by atoms with Gasteiger partial charge in [-0.15, -0.1) is 0 Å². The van der Waals surface area contributed by atoms with Crippen LogP contribution < -0.4 is 4.74 Å². The van der Waals surface area contributed by atoms with Crippen molar-refractivity contribution in [3.05, 3.63) is 54.4 Å². The summed E-state index contributed by atoms with van der Waals surface area (Å²) in [5.74, 6) is -1.00. The van der Waals surface area contributed by atoms with Crippen LogP contribution in [0.25, 0.3) is 0 Å². The minimum atomic E-state index is -0.668. The number of benzene rings is 1. The number of carbonyl (C=O) groups excluding carboxylic acids is 1. The number of hydrogen-bond acceptors (Lipinski definition) is 4. The molecule has 0 amide bonds. The fourth-order valence-corrected chi connectivity index (χ4v) is 1.09. The van der Waals surface area contributed by atoms with Crippen molar-refractivity contribution in [1.82, 2.24) is 9.97 Å². The van der Waals surface area contributed by atoms with E-state index in [0.717, 1.165) is 6.07 Å². The van der Waals surface area contributed by atoms with Crippen LogP contribution in [-0.2, 0) is 0 Å². The fourth-order valence-electron chi connectivity index (χ4n) is 1.09. The molecule has 0 aliphatic rings. The van der Waals surface area contributed by atoms with Crippen molar-refractivity contribution >= 4 is 5.97 Å². The lowest BCUT2D eigenvalue weighted by atomic mass is 10.3. The van der Waals surface area contributed by atoms with Crippen molar-refractivity contribution in [1.29, 1.82) is 0 Å². The lowest BCUT2D eigenvalue weighted by molar-refractivity contribution is 0.0727. The number of hydrogen-bond donors (Lipinski definition) is 0. The van der Waals surface area contributed by atoms with Crippen molar-refractivity contribution in [3.63, 3.8) is 0 Å². The van der Waals surface area contributed by atoms with Crippen LogP contribution in [0.4, 0.5) is 4.39 Å². The molecule has 0 aliphatic carbocycles. The number of esters is 1. The monoisotopic (exact) mass is 218 g/mol. The number of aromatic nitrogens is 2. The molecular weight excluding hydrogens is 211 g/mol. The Labute approximate surface area is 90.7 Å². The molecule has 80 valence electrons. The van der Waals surface area contributed by atoms with Crippen LogP contribution >= 0.6 is 0 Å². The average molecular weight is 218 g/mol. The number of nitrogens with zero attached hydrogens (tertiary/aromatic N) is 2. The van der Waals surface area contributed by atoms with Gasteiger partial charge in [-0.1, -0.05) is 6.07 Å². The Morgan fingerprint density at radius 2 is 2.19 bits per heavy atom. The first kappa shape index (κ1) is 10.2. The van der Waals surface area contributed by atoms with Crippen LogP contribution in [0.5, 0.6) is 5.75 Å². The predicted octanol–water partition coefficient (Wildman–Crippen LogP) is 1.83. The largest absolute Gasteiger partial charge is 0.422 e. The summed E-state index contributed by atoms with van der Waals surface area (Å²) in [5.41, 5.74) is 0.0757. The Hall–Kier alpha value is -2.30. The first-order chi connectivity index (χ1) is 7.75. The quantitative estimate of drug-likeness (QED) is 0.570. The second-order valence-corrected chi connectivity index (χ2v) is 2.94. The van der Waals surface area contributed by atoms with Crippen molar-refractivity contribution in [2.24, 2.45) is 0 Å². The van der Waals surface area contributed by atoms with Crippen LogP contribution in [0.2, 0.25) is 0 Å². The van der Waals surface area contributed by atoms with E-state index in [-0.39, 0.29) is 11.4 Å². The molecule has 1 heterocycles. The van der Waals surface area contributed by atoms with Gasteiger partial charge in [0.05, 0.1) is 6.20 Å². The highest BCUT2D eigenvalue weighted by atomic mass is 19.1. The molecule has 1 aromatic heterocycles. The SMILES string of the molecule is O=C(Oc1cccc(F)c1)c1cnccn1. The highest BCUT2D eigenvalue weighted by Gasteiger charge is 2.09. The zero-order valence-electron chi connectivity index (χ0n) is 8.13. The molecule has 16 heavy (non-hydrogen) atoms. The number of carbonyl (C=O) groups is 1. The summed E-state index contributed by atoms with van der Waals surface area (Å²) in [7, 11) is 0. The molecule has 0 N–H and O–H groups in total. The second kappa shape index (κ2) is 4.48. The Morgan fingerprint density at radius 3 is 2.88 bits per heavy atom. The van der Waals surface area contributed by atoms with Gasteiger partial charge in [-0.2, -0.15) is 0 Å². The summed E-state index contributed by atoms with van der Waals surface area (Å²) in [4.78, 5) is 19.0. The maximum Gasteiger partial charge on any atom is 0.363 e. The van der Waals surface area contributed by atoms with Gasteiger partial charge in [0.25, 0.3) is 0 Å². The second-order valence-electron chi connectivity index (χ2n) is 2.94. The van der Waals surface area contributed by atoms with Gasteiger partial charge in [0.15, 0.2) is 5.69 Å². The van der Waals surface area contributed by atoms with Crippen molar-refractivity contribution < 1.29 is 13.9 Å². The standard InChI is InChI=1S/C11H7FN2O2/c12-8-2-1-3-9(6-8)16-11(15)10-7-13-4-5-14-10/h1-7H. The van der Waals surface area contributed by atoms with Crippen molar-refractivity contribution in [2.45, 2.75) is 0 Å². The molecule has 0 atom stereocenters. The molecule has 5 heteroatoms. The summed E-state index contributed by atoms with van der Waals surface area (Å²) in [6, 6.07) is 5.32. The summed E-state index contributed by atoms with van der Waals surface area (Å²) in [6.07, 6.45) is 4.10. The van der Waals surface area contributed by atoms with E-state index in [9.17, 15) is 9.18 Å². The smallest absolute Gasteiger partial charge is 0.363 e. The molecular formula is C11H7FN2O2. The average Bonchev–Trinajstić information content (AvgIpc) is 2.30. The van der Waals surface area contributed by atoms with E-state index in [2.05, 4.69) is 9.97 Å². The Morgan fingerprint density at radius 1 is 1.31 bits per heavy atom. The van der Waals surface area contributed by atoms with Gasteiger partial charge in [-0.25, -0.2) is 14.2 Å². The molecule has 2 rings (SSSR count). The zero-order valence-corrected chi connectivity index (χ0v) is 8.13. The topological polar surface area (TPSA) is 52.1 Å². The number of ether oxygens (including phenoxy) is 1. The van der Waals surface area contributed by atoms with Gasteiger partial charge in [-0.3, -0.25) is 4.98 Å². The molecule has 0 spiro atoms. The van der Waals surface area contributed by atoms with Crippen molar-refractivity contribution in [3.8, 4) is 5.75 Å². The van der Waals surface area contributed by atoms with Crippen molar-refractivity contribution in [2.75, 3.05) is 0 Å². The van der Waals surface area contributed by atoms with Crippen LogP contribution in [-0.4, -0.2) is 15.9 Å². The molecule has 0 radical (unpaired) electrons. The van der Waals surface area contributed by atoms with Crippen LogP contribution in [0.3, 0.4) is 0 Å². The van der Waals surface area contributed by atoms with Crippen LogP contribution in [0.1, 0.15) is 10.5 Å². The lowest BCUT2D eigenvalue weighted by Gasteiger charge is -2.02. The van der Waals surface area contributed by atoms with Gasteiger partial charge >= 0.3 is 5.97 Å². The first-order valence-electron chi connectivity index (χ1n) is 4.49. The molecule has 0 fully saturated rings. The Balaban J connectivity index is 2.14. The number of rotatable bonds is 2. The molecule has 2 aromatic rings. The van der Waals surface area contributed by atoms with E-state index in [0.29, 0.717) is 0 Å². The van der Waals surface area contributed by atoms with Gasteiger partial charge in [0.1, 0.15) is 11.6 Å². The van der Waals surface area contributed by atoms with Crippen LogP contribution in [0, 0.1) is 5.82 Å². The summed E-state index contributed by atoms with van der Waals surface area (Å²) in [6.45, 7) is 0. The Kier molecular flexibility index (Phi) is 2.86. The van der Waals surface area contributed by atoms with E-state index in [4.69, 9.17) is 4.74 Å². The third-order valence-corrected chi connectivity index (χ3v) is 1.78. The molecule has 0 aliphatic heterocycles. The normalized spacial score (nSPS) is 9.81. The van der Waals surface area contributed by atoms with E-state index < -0.39 is 11.8 Å². The third kappa shape index (κ3) is 2.38. The third-order valence-electron chi connectivity index (χ3n) is 1.78. The minimum absolute atomic E-state index is 0.0757. The van der Waals surface area contributed by atoms with E-state index in [1.165, 1.54) is 36.8 Å². The molecule has 0 saturated carbocycles. The highest BCUT2D eigenvalue weighted by molar-refractivity contribution is 5.88. The van der Waals surface area contributed by atoms with E-state index in [1.54, 1.807) is 0 Å². The minimum Gasteiger partial charge on any atom is -0.422 e. The Bertz CT molecular complexity index is 502. The highest BCUT2D eigenvalue weighted by Crippen LogP contribution is 2.13. The van der Waals surface area contributed by atoms with Gasteiger partial charge in [0, 0.05) is 18.5 Å². The maximum atomic E-state index is 12.8. The molecule has 1 aromatic carbocycles. The molecule has 0 saturated heterocycles. The lowest BCUT2D eigenvalue weighted by Crippen LogP contribution is -2.10. The fraction of sp³-hybridized carbons (Fsp3) is 0. The molecule has 0 bridgehead atoms. The molecule has 4 nitrogen and oxygen atoms in total. The van der Waals surface area contributed by atoms with Gasteiger partial charge in [-0.05, 0) is 12.1 Å². The van der Waals surface area contributed by atoms with E-state index in [1.807, 2.05) is 0 Å². The zero-order chi connectivity index (χ0) is 11.4. The number of halogens is 1. The van der Waals surface area contributed by atoms with Gasteiger partial charge in [0.2, 0.25) is 0 Å². The van der Waals surface area contributed by atoms with Gasteiger partial charge < -0.3 is 4.74 Å².